The van der Waals surface area contributed by atoms with Gasteiger partial charge in [-0.1, -0.05) is 17.7 Å². The zero-order valence-corrected chi connectivity index (χ0v) is 21.2. The van der Waals surface area contributed by atoms with Gasteiger partial charge in [0.05, 0.1) is 17.4 Å². The number of anilines is 1. The van der Waals surface area contributed by atoms with Crippen molar-refractivity contribution in [2.24, 2.45) is 0 Å². The summed E-state index contributed by atoms with van der Waals surface area (Å²) in [6.45, 7) is 0.172. The van der Waals surface area contributed by atoms with Crippen LogP contribution in [0.1, 0.15) is 51.7 Å². The Hall–Kier alpha value is -4.02. The maximum atomic E-state index is 13.4. The van der Waals surface area contributed by atoms with Crippen molar-refractivity contribution >= 4 is 35.1 Å². The van der Waals surface area contributed by atoms with E-state index in [2.05, 4.69) is 15.6 Å². The van der Waals surface area contributed by atoms with Crippen LogP contribution in [0.3, 0.4) is 0 Å². The quantitative estimate of drug-likeness (QED) is 0.421. The summed E-state index contributed by atoms with van der Waals surface area (Å²) in [4.78, 5) is 55.0. The third-order valence-corrected chi connectivity index (χ3v) is 7.17. The number of aromatic carboxylic acids is 1. The number of aromatic nitrogens is 2. The van der Waals surface area contributed by atoms with E-state index in [0.29, 0.717) is 17.0 Å². The fourth-order valence-electron chi connectivity index (χ4n) is 4.76. The molecule has 5 rings (SSSR count). The molecule has 1 saturated carbocycles. The van der Waals surface area contributed by atoms with E-state index in [9.17, 15) is 19.2 Å². The zero-order valence-electron chi connectivity index (χ0n) is 20.5. The summed E-state index contributed by atoms with van der Waals surface area (Å²) < 4.78 is 6.41. The van der Waals surface area contributed by atoms with Crippen LogP contribution < -0.4 is 16.2 Å². The molecular formula is C27H25ClN4O6. The number of carbonyl (C=O) groups is 3. The molecule has 2 aromatic heterocycles. The van der Waals surface area contributed by atoms with Crippen LogP contribution in [-0.4, -0.2) is 51.7 Å². The Morgan fingerprint density at radius 2 is 1.97 bits per heavy atom. The van der Waals surface area contributed by atoms with Gasteiger partial charge in [0, 0.05) is 48.5 Å². The lowest BCUT2D eigenvalue weighted by Gasteiger charge is -2.26. The number of pyridine rings is 2. The van der Waals surface area contributed by atoms with Gasteiger partial charge in [-0.3, -0.25) is 14.4 Å². The first-order chi connectivity index (χ1) is 18.2. The van der Waals surface area contributed by atoms with Crippen LogP contribution in [0.25, 0.3) is 11.1 Å². The van der Waals surface area contributed by atoms with E-state index in [0.717, 1.165) is 24.0 Å². The van der Waals surface area contributed by atoms with Gasteiger partial charge in [0.15, 0.2) is 0 Å². The lowest BCUT2D eigenvalue weighted by molar-refractivity contribution is -0.119. The maximum absolute atomic E-state index is 13.4. The second-order valence-electron chi connectivity index (χ2n) is 9.58. The number of carboxylic acid groups (broad SMARTS) is 1. The summed E-state index contributed by atoms with van der Waals surface area (Å²) in [6, 6.07) is 8.50. The molecule has 3 N–H and O–H groups in total. The highest BCUT2D eigenvalue weighted by Gasteiger charge is 2.46. The SMILES string of the molecule is COCCC(C(=O)Nc1ccc(C(=O)O)nc1)n1cc2c(cc1=O)-c1cc(Cl)ccc1CC1(CC1)NC2=O. The Morgan fingerprint density at radius 1 is 1.18 bits per heavy atom. The summed E-state index contributed by atoms with van der Waals surface area (Å²) in [6.07, 6.45) is 5.13. The van der Waals surface area contributed by atoms with Gasteiger partial charge in [-0.2, -0.15) is 0 Å². The van der Waals surface area contributed by atoms with Crippen molar-refractivity contribution < 1.29 is 24.2 Å². The van der Waals surface area contributed by atoms with E-state index >= 15 is 0 Å². The van der Waals surface area contributed by atoms with Gasteiger partial charge in [-0.15, -0.1) is 0 Å². The van der Waals surface area contributed by atoms with Gasteiger partial charge in [0.25, 0.3) is 11.5 Å². The number of ether oxygens (including phenoxy) is 1. The lowest BCUT2D eigenvalue weighted by atomic mass is 9.89. The number of fused-ring (bicyclic) bond motifs is 3. The molecule has 3 heterocycles. The molecule has 1 unspecified atom stereocenters. The highest BCUT2D eigenvalue weighted by atomic mass is 35.5. The van der Waals surface area contributed by atoms with Crippen LogP contribution in [0.5, 0.6) is 0 Å². The molecule has 1 atom stereocenters. The van der Waals surface area contributed by atoms with Crippen molar-refractivity contribution in [2.75, 3.05) is 19.0 Å². The van der Waals surface area contributed by atoms with Crippen molar-refractivity contribution in [3.8, 4) is 11.1 Å². The predicted octanol–water partition coefficient (Wildman–Crippen LogP) is 3.30. The monoisotopic (exact) mass is 536 g/mol. The predicted molar refractivity (Wildman–Crippen MR) is 140 cm³/mol. The first kappa shape index (κ1) is 25.6. The molecule has 1 aliphatic carbocycles. The van der Waals surface area contributed by atoms with Gasteiger partial charge in [0.1, 0.15) is 11.7 Å². The van der Waals surface area contributed by atoms with Crippen LogP contribution in [0.15, 0.2) is 53.6 Å². The average Bonchev–Trinajstić information content (AvgIpc) is 3.64. The van der Waals surface area contributed by atoms with Crippen LogP contribution in [0.4, 0.5) is 5.69 Å². The summed E-state index contributed by atoms with van der Waals surface area (Å²) in [5.74, 6) is -2.05. The third-order valence-electron chi connectivity index (χ3n) is 6.93. The Bertz CT molecular complexity index is 1500. The number of hydrogen-bond acceptors (Lipinski definition) is 6. The van der Waals surface area contributed by atoms with Gasteiger partial charge in [-0.25, -0.2) is 9.78 Å². The van der Waals surface area contributed by atoms with Crippen molar-refractivity contribution in [2.45, 2.75) is 37.3 Å². The smallest absolute Gasteiger partial charge is 0.354 e. The Labute approximate surface area is 222 Å². The first-order valence-corrected chi connectivity index (χ1v) is 12.4. The first-order valence-electron chi connectivity index (χ1n) is 12.1. The van der Waals surface area contributed by atoms with Gasteiger partial charge < -0.3 is 25.0 Å². The molecule has 1 aliphatic heterocycles. The zero-order chi connectivity index (χ0) is 27.0. The molecule has 0 saturated heterocycles. The molecule has 3 aromatic rings. The van der Waals surface area contributed by atoms with Crippen LogP contribution in [0, 0.1) is 0 Å². The summed E-state index contributed by atoms with van der Waals surface area (Å²) in [5, 5.41) is 15.3. The second-order valence-corrected chi connectivity index (χ2v) is 10.0. The molecule has 1 aromatic carbocycles. The number of carbonyl (C=O) groups excluding carboxylic acids is 2. The molecule has 11 heteroatoms. The van der Waals surface area contributed by atoms with E-state index < -0.39 is 23.5 Å². The van der Waals surface area contributed by atoms with E-state index in [1.54, 1.807) is 12.1 Å². The maximum Gasteiger partial charge on any atom is 0.354 e. The standard InChI is InChI=1S/C27H25ClN4O6/c1-38-9-6-22(25(35)30-17-4-5-21(26(36)37)29-13-17)32-14-20-19(11-23(32)33)18-10-16(28)3-2-15(18)12-27(7-8-27)31-24(20)34/h2-5,10-11,13-14,22H,6-9,12H2,1H3,(H,30,35)(H,31,34)(H,36,37). The molecule has 2 amide bonds. The largest absolute Gasteiger partial charge is 0.477 e. The van der Waals surface area contributed by atoms with Crippen LogP contribution in [0.2, 0.25) is 5.02 Å². The Kier molecular flexibility index (Phi) is 6.77. The third kappa shape index (κ3) is 5.05. The number of amides is 2. The molecule has 196 valence electrons. The minimum Gasteiger partial charge on any atom is -0.477 e. The lowest BCUT2D eigenvalue weighted by Crippen LogP contribution is -2.41. The average molecular weight is 537 g/mol. The van der Waals surface area contributed by atoms with E-state index in [4.69, 9.17) is 21.4 Å². The molecule has 1 spiro atoms. The van der Waals surface area contributed by atoms with E-state index in [-0.39, 0.29) is 41.4 Å². The minimum absolute atomic E-state index is 0.148. The van der Waals surface area contributed by atoms with Gasteiger partial charge in [0.2, 0.25) is 5.91 Å². The van der Waals surface area contributed by atoms with Crippen molar-refractivity contribution in [3.63, 3.8) is 0 Å². The number of methoxy groups -OCH3 is 1. The molecule has 2 aliphatic rings. The van der Waals surface area contributed by atoms with Crippen molar-refractivity contribution in [3.05, 3.63) is 81.0 Å². The Morgan fingerprint density at radius 3 is 2.63 bits per heavy atom. The number of nitrogens with zero attached hydrogens (tertiary/aromatic N) is 2. The van der Waals surface area contributed by atoms with Gasteiger partial charge >= 0.3 is 5.97 Å². The number of nitrogens with one attached hydrogen (secondary N) is 2. The van der Waals surface area contributed by atoms with Crippen molar-refractivity contribution in [1.82, 2.24) is 14.9 Å². The summed E-state index contributed by atoms with van der Waals surface area (Å²) >= 11 is 6.30. The highest BCUT2D eigenvalue weighted by molar-refractivity contribution is 6.31. The Balaban J connectivity index is 1.56. The van der Waals surface area contributed by atoms with Gasteiger partial charge in [-0.05, 0) is 54.7 Å². The number of benzene rings is 1. The summed E-state index contributed by atoms with van der Waals surface area (Å²) in [5.41, 5.74) is 1.71. The fourth-order valence-corrected chi connectivity index (χ4v) is 4.94. The van der Waals surface area contributed by atoms with Crippen LogP contribution in [-0.2, 0) is 16.0 Å². The molecule has 0 radical (unpaired) electrons. The molecular weight excluding hydrogens is 512 g/mol. The molecule has 1 fully saturated rings. The highest BCUT2D eigenvalue weighted by Crippen LogP contribution is 2.43. The normalized spacial score (nSPS) is 15.9. The van der Waals surface area contributed by atoms with Crippen molar-refractivity contribution in [1.29, 1.82) is 0 Å². The molecule has 38 heavy (non-hydrogen) atoms. The topological polar surface area (TPSA) is 140 Å². The fraction of sp³-hybridized carbons (Fsp3) is 0.296. The minimum atomic E-state index is -1.19. The van der Waals surface area contributed by atoms with E-state index in [1.165, 1.54) is 42.3 Å². The second kappa shape index (κ2) is 10.0. The van der Waals surface area contributed by atoms with E-state index in [1.807, 2.05) is 6.07 Å². The number of carboxylic acids is 1. The number of rotatable bonds is 7. The molecule has 10 nitrogen and oxygen atoms in total. The number of halogens is 1. The van der Waals surface area contributed by atoms with Crippen LogP contribution >= 0.6 is 11.6 Å². The summed E-state index contributed by atoms with van der Waals surface area (Å²) in [7, 11) is 1.48. The molecule has 0 bridgehead atoms. The number of hydrogen-bond donors (Lipinski definition) is 3.